The summed E-state index contributed by atoms with van der Waals surface area (Å²) in [7, 11) is 0. The highest BCUT2D eigenvalue weighted by molar-refractivity contribution is 8.03. The molecule has 0 radical (unpaired) electrons. The maximum Gasteiger partial charge on any atom is 0.409 e. The standard InChI is InChI=1S/C24H31FN2O2S/c1-4-29-23(28)27-13-11-26(12-14-27)20-15-18-9-10-24(25,17(2)3)16-22(18)30-21-8-6-5-7-19(20)21/h5-9,16-17,20H,4,10-15H2,1-3H3. The van der Waals surface area contributed by atoms with Crippen LogP contribution in [0.4, 0.5) is 9.18 Å². The molecule has 162 valence electrons. The zero-order valence-corrected chi connectivity index (χ0v) is 18.9. The van der Waals surface area contributed by atoms with E-state index in [0.29, 0.717) is 26.1 Å². The normalized spacial score (nSPS) is 27.0. The zero-order valence-electron chi connectivity index (χ0n) is 18.1. The Morgan fingerprint density at radius 2 is 2.00 bits per heavy atom. The summed E-state index contributed by atoms with van der Waals surface area (Å²) in [6.45, 7) is 9.13. The van der Waals surface area contributed by atoms with Crippen LogP contribution >= 0.6 is 11.8 Å². The molecule has 0 N–H and O–H groups in total. The van der Waals surface area contributed by atoms with E-state index in [2.05, 4.69) is 35.2 Å². The molecule has 0 aromatic heterocycles. The molecule has 0 spiro atoms. The Morgan fingerprint density at radius 3 is 2.70 bits per heavy atom. The van der Waals surface area contributed by atoms with Gasteiger partial charge in [0.1, 0.15) is 5.67 Å². The molecule has 3 aliphatic rings. The third-order valence-corrected chi connectivity index (χ3v) is 7.69. The Balaban J connectivity index is 1.58. The summed E-state index contributed by atoms with van der Waals surface area (Å²) in [5, 5.41) is 0. The third kappa shape index (κ3) is 4.17. The van der Waals surface area contributed by atoms with Gasteiger partial charge in [-0.1, -0.05) is 49.9 Å². The van der Waals surface area contributed by atoms with Gasteiger partial charge in [-0.15, -0.1) is 0 Å². The van der Waals surface area contributed by atoms with Crippen molar-refractivity contribution in [3.63, 3.8) is 0 Å². The number of fused-ring (bicyclic) bond motifs is 2. The monoisotopic (exact) mass is 430 g/mol. The number of hydrogen-bond donors (Lipinski definition) is 0. The van der Waals surface area contributed by atoms with Crippen LogP contribution in [0, 0.1) is 5.92 Å². The van der Waals surface area contributed by atoms with Crippen molar-refractivity contribution in [2.75, 3.05) is 32.8 Å². The molecule has 0 bridgehead atoms. The van der Waals surface area contributed by atoms with Gasteiger partial charge in [0.2, 0.25) is 0 Å². The minimum absolute atomic E-state index is 0.0475. The number of ether oxygens (including phenoxy) is 1. The van der Waals surface area contributed by atoms with Crippen molar-refractivity contribution in [2.45, 2.75) is 50.2 Å². The van der Waals surface area contributed by atoms with E-state index in [1.54, 1.807) is 16.7 Å². The number of hydrogen-bond acceptors (Lipinski definition) is 4. The molecule has 1 aromatic rings. The number of carbonyl (C=O) groups is 1. The second kappa shape index (κ2) is 8.75. The Kier molecular flexibility index (Phi) is 6.26. The van der Waals surface area contributed by atoms with Gasteiger partial charge in [0.15, 0.2) is 0 Å². The number of benzene rings is 1. The number of nitrogens with zero attached hydrogens (tertiary/aromatic N) is 2. The van der Waals surface area contributed by atoms with Crippen LogP contribution in [0.5, 0.6) is 0 Å². The minimum atomic E-state index is -1.27. The van der Waals surface area contributed by atoms with Crippen molar-refractivity contribution in [2.24, 2.45) is 5.92 Å². The lowest BCUT2D eigenvalue weighted by atomic mass is 9.83. The van der Waals surface area contributed by atoms with E-state index in [1.807, 2.05) is 26.8 Å². The van der Waals surface area contributed by atoms with Crippen LogP contribution in [0.1, 0.15) is 45.2 Å². The van der Waals surface area contributed by atoms with E-state index in [-0.39, 0.29) is 18.1 Å². The van der Waals surface area contributed by atoms with Crippen LogP contribution in [-0.2, 0) is 4.74 Å². The lowest BCUT2D eigenvalue weighted by molar-refractivity contribution is 0.0654. The Labute approximate surface area is 183 Å². The molecule has 6 heteroatoms. The molecule has 2 aliphatic heterocycles. The topological polar surface area (TPSA) is 32.8 Å². The van der Waals surface area contributed by atoms with Crippen molar-refractivity contribution in [1.82, 2.24) is 9.80 Å². The molecule has 2 atom stereocenters. The van der Waals surface area contributed by atoms with Crippen molar-refractivity contribution in [1.29, 1.82) is 0 Å². The van der Waals surface area contributed by atoms with E-state index in [4.69, 9.17) is 4.74 Å². The summed E-state index contributed by atoms with van der Waals surface area (Å²) in [6.07, 6.45) is 5.10. The smallest absolute Gasteiger partial charge is 0.409 e. The third-order valence-electron chi connectivity index (χ3n) is 6.50. The highest BCUT2D eigenvalue weighted by Crippen LogP contribution is 2.50. The first-order chi connectivity index (χ1) is 14.4. The van der Waals surface area contributed by atoms with E-state index in [0.717, 1.165) is 24.4 Å². The van der Waals surface area contributed by atoms with Crippen LogP contribution in [0.2, 0.25) is 0 Å². The fraction of sp³-hybridized carbons (Fsp3) is 0.542. The summed E-state index contributed by atoms with van der Waals surface area (Å²) < 4.78 is 20.6. The molecule has 1 aromatic carbocycles. The first kappa shape index (κ1) is 21.4. The Morgan fingerprint density at radius 1 is 1.27 bits per heavy atom. The molecule has 1 saturated heterocycles. The van der Waals surface area contributed by atoms with Gasteiger partial charge in [-0.25, -0.2) is 9.18 Å². The van der Waals surface area contributed by atoms with Crippen LogP contribution in [0.25, 0.3) is 0 Å². The zero-order chi connectivity index (χ0) is 21.3. The molecule has 1 fully saturated rings. The molecule has 4 nitrogen and oxygen atoms in total. The molecular weight excluding hydrogens is 399 g/mol. The quantitative estimate of drug-likeness (QED) is 0.627. The SMILES string of the molecule is CCOC(=O)N1CCN(C2CC3=CCC(F)(C(C)C)C=C3Sc3ccccc32)CC1. The first-order valence-corrected chi connectivity index (χ1v) is 11.8. The van der Waals surface area contributed by atoms with Crippen molar-refractivity contribution >= 4 is 17.9 Å². The van der Waals surface area contributed by atoms with Gasteiger partial charge < -0.3 is 9.64 Å². The van der Waals surface area contributed by atoms with E-state index in [1.165, 1.54) is 16.0 Å². The van der Waals surface area contributed by atoms with Gasteiger partial charge in [0, 0.05) is 48.4 Å². The predicted octanol–water partition coefficient (Wildman–Crippen LogP) is 5.58. The summed E-state index contributed by atoms with van der Waals surface area (Å²) >= 11 is 1.70. The highest BCUT2D eigenvalue weighted by Gasteiger charge is 2.38. The molecule has 2 heterocycles. The summed E-state index contributed by atoms with van der Waals surface area (Å²) in [6, 6.07) is 8.74. The van der Waals surface area contributed by atoms with Crippen LogP contribution in [-0.4, -0.2) is 54.3 Å². The molecule has 0 saturated carbocycles. The number of halogens is 1. The fourth-order valence-electron chi connectivity index (χ4n) is 4.47. The number of alkyl halides is 1. The maximum absolute atomic E-state index is 15.4. The lowest BCUT2D eigenvalue weighted by Gasteiger charge is -2.39. The molecule has 2 unspecified atom stereocenters. The van der Waals surface area contributed by atoms with E-state index < -0.39 is 5.67 Å². The average molecular weight is 431 g/mol. The van der Waals surface area contributed by atoms with Gasteiger partial charge in [-0.2, -0.15) is 0 Å². The lowest BCUT2D eigenvalue weighted by Crippen LogP contribution is -2.49. The number of carbonyl (C=O) groups excluding carboxylic acids is 1. The molecule has 1 amide bonds. The second-order valence-corrected chi connectivity index (χ2v) is 9.69. The number of thioether (sulfide) groups is 1. The first-order valence-electron chi connectivity index (χ1n) is 10.9. The summed E-state index contributed by atoms with van der Waals surface area (Å²) in [4.78, 5) is 18.6. The van der Waals surface area contributed by atoms with Crippen molar-refractivity contribution in [3.8, 4) is 0 Å². The fourth-order valence-corrected chi connectivity index (χ4v) is 5.73. The predicted molar refractivity (Wildman–Crippen MR) is 119 cm³/mol. The average Bonchev–Trinajstić information content (AvgIpc) is 2.90. The summed E-state index contributed by atoms with van der Waals surface area (Å²) in [5.74, 6) is -0.0475. The Bertz CT molecular complexity index is 861. The van der Waals surface area contributed by atoms with Gasteiger partial charge in [-0.05, 0) is 42.5 Å². The van der Waals surface area contributed by atoms with Crippen LogP contribution < -0.4 is 0 Å². The minimum Gasteiger partial charge on any atom is -0.450 e. The van der Waals surface area contributed by atoms with Gasteiger partial charge in [0.25, 0.3) is 0 Å². The number of amides is 1. The largest absolute Gasteiger partial charge is 0.450 e. The summed E-state index contributed by atoms with van der Waals surface area (Å²) in [5.41, 5.74) is 1.28. The van der Waals surface area contributed by atoms with E-state index >= 15 is 4.39 Å². The molecule has 1 aliphatic carbocycles. The molecule has 4 rings (SSSR count). The molecule has 30 heavy (non-hydrogen) atoms. The van der Waals surface area contributed by atoms with E-state index in [9.17, 15) is 4.79 Å². The number of allylic oxidation sites excluding steroid dienone is 3. The van der Waals surface area contributed by atoms with Gasteiger partial charge in [-0.3, -0.25) is 4.90 Å². The van der Waals surface area contributed by atoms with Gasteiger partial charge >= 0.3 is 6.09 Å². The van der Waals surface area contributed by atoms with Crippen LogP contribution in [0.15, 0.2) is 51.8 Å². The number of piperazine rings is 1. The second-order valence-electron chi connectivity index (χ2n) is 8.61. The van der Waals surface area contributed by atoms with Crippen LogP contribution in [0.3, 0.4) is 0 Å². The number of rotatable bonds is 3. The maximum atomic E-state index is 15.4. The Hall–Kier alpha value is -1.79. The van der Waals surface area contributed by atoms with Gasteiger partial charge in [0.05, 0.1) is 6.61 Å². The molecular formula is C24H31FN2O2S. The highest BCUT2D eigenvalue weighted by atomic mass is 32.2. The van der Waals surface area contributed by atoms with Crippen molar-refractivity contribution < 1.29 is 13.9 Å². The van der Waals surface area contributed by atoms with Crippen molar-refractivity contribution in [3.05, 3.63) is 52.5 Å².